The van der Waals surface area contributed by atoms with E-state index in [-0.39, 0.29) is 24.4 Å². The molecule has 2 atom stereocenters. The number of nitrogens with one attached hydrogen (secondary N) is 1. The van der Waals surface area contributed by atoms with Gasteiger partial charge in [-0.3, -0.25) is 4.79 Å². The van der Waals surface area contributed by atoms with Gasteiger partial charge in [-0.1, -0.05) is 11.6 Å². The summed E-state index contributed by atoms with van der Waals surface area (Å²) in [5.41, 5.74) is 5.43. The summed E-state index contributed by atoms with van der Waals surface area (Å²) in [5.74, 6) is -0.151. The Morgan fingerprint density at radius 1 is 1.53 bits per heavy atom. The third-order valence-electron chi connectivity index (χ3n) is 1.79. The van der Waals surface area contributed by atoms with Gasteiger partial charge < -0.3 is 11.1 Å². The normalized spacial score (nSPS) is 13.9. The van der Waals surface area contributed by atoms with Crippen LogP contribution in [0.2, 0.25) is 4.34 Å². The third kappa shape index (κ3) is 4.38. The van der Waals surface area contributed by atoms with Gasteiger partial charge in [-0.15, -0.1) is 23.7 Å². The predicted octanol–water partition coefficient (Wildman–Crippen LogP) is 2.35. The van der Waals surface area contributed by atoms with Crippen molar-refractivity contribution in [3.05, 3.63) is 21.3 Å². The van der Waals surface area contributed by atoms with Gasteiger partial charge in [-0.05, 0) is 26.0 Å². The summed E-state index contributed by atoms with van der Waals surface area (Å²) in [6.07, 6.45) is 0. The zero-order chi connectivity index (χ0) is 10.7. The van der Waals surface area contributed by atoms with Crippen LogP contribution in [0.25, 0.3) is 0 Å². The Balaban J connectivity index is 0.00000196. The lowest BCUT2D eigenvalue weighted by Crippen LogP contribution is -2.39. The topological polar surface area (TPSA) is 55.1 Å². The van der Waals surface area contributed by atoms with E-state index in [1.54, 1.807) is 6.92 Å². The molecule has 0 fully saturated rings. The van der Waals surface area contributed by atoms with Crippen LogP contribution in [-0.2, 0) is 4.79 Å². The molecule has 3 nitrogen and oxygen atoms in total. The molecule has 1 aromatic rings. The van der Waals surface area contributed by atoms with Crippen molar-refractivity contribution >= 4 is 41.3 Å². The van der Waals surface area contributed by atoms with Crippen LogP contribution in [0.5, 0.6) is 0 Å². The number of rotatable bonds is 3. The minimum atomic E-state index is -0.479. The Kier molecular flexibility index (Phi) is 6.20. The Bertz CT molecular complexity index is 328. The number of thiophene rings is 1. The van der Waals surface area contributed by atoms with E-state index in [9.17, 15) is 4.79 Å². The van der Waals surface area contributed by atoms with Gasteiger partial charge in [0.2, 0.25) is 5.91 Å². The van der Waals surface area contributed by atoms with Crippen LogP contribution in [0.1, 0.15) is 24.8 Å². The number of carbonyl (C=O) groups excluding carboxylic acids is 1. The maximum atomic E-state index is 11.3. The fourth-order valence-corrected chi connectivity index (χ4v) is 2.04. The SMILES string of the molecule is CC(NC(=O)[C@H](C)N)c1ccc(Cl)s1.Cl. The van der Waals surface area contributed by atoms with E-state index >= 15 is 0 Å². The predicted molar refractivity (Wildman–Crippen MR) is 66.8 cm³/mol. The van der Waals surface area contributed by atoms with Crippen molar-refractivity contribution in [1.82, 2.24) is 5.32 Å². The second-order valence-electron chi connectivity index (χ2n) is 3.16. The zero-order valence-electron chi connectivity index (χ0n) is 8.49. The Morgan fingerprint density at radius 2 is 2.13 bits per heavy atom. The molecule has 0 aromatic carbocycles. The van der Waals surface area contributed by atoms with Gasteiger partial charge in [0.05, 0.1) is 16.4 Å². The van der Waals surface area contributed by atoms with Gasteiger partial charge in [0, 0.05) is 4.88 Å². The highest BCUT2D eigenvalue weighted by Crippen LogP contribution is 2.26. The van der Waals surface area contributed by atoms with E-state index in [1.165, 1.54) is 11.3 Å². The molecule has 0 saturated carbocycles. The smallest absolute Gasteiger partial charge is 0.237 e. The monoisotopic (exact) mass is 268 g/mol. The lowest BCUT2D eigenvalue weighted by molar-refractivity contribution is -0.122. The molecule has 0 spiro atoms. The first kappa shape index (κ1) is 14.7. The van der Waals surface area contributed by atoms with Gasteiger partial charge in [0.25, 0.3) is 0 Å². The number of amides is 1. The standard InChI is InChI=1S/C9H13ClN2OS.ClH/c1-5(11)9(13)12-6(2)7-3-4-8(10)14-7;/h3-6H,11H2,1-2H3,(H,12,13);1H/t5-,6?;/m0./s1. The molecular formula is C9H14Cl2N2OS. The van der Waals surface area contributed by atoms with Crippen LogP contribution >= 0.6 is 35.3 Å². The quantitative estimate of drug-likeness (QED) is 0.885. The van der Waals surface area contributed by atoms with Crippen molar-refractivity contribution in [3.63, 3.8) is 0 Å². The fraction of sp³-hybridized carbons (Fsp3) is 0.444. The molecule has 0 radical (unpaired) electrons. The van der Waals surface area contributed by atoms with Crippen molar-refractivity contribution in [3.8, 4) is 0 Å². The summed E-state index contributed by atoms with van der Waals surface area (Å²) < 4.78 is 0.724. The average Bonchev–Trinajstić information content (AvgIpc) is 2.51. The van der Waals surface area contributed by atoms with E-state index in [2.05, 4.69) is 5.32 Å². The molecule has 1 aromatic heterocycles. The van der Waals surface area contributed by atoms with Crippen LogP contribution in [0, 0.1) is 0 Å². The Hall–Kier alpha value is -0.290. The fourth-order valence-electron chi connectivity index (χ4n) is 0.977. The molecule has 0 saturated heterocycles. The molecule has 86 valence electrons. The molecule has 3 N–H and O–H groups in total. The number of halogens is 2. The zero-order valence-corrected chi connectivity index (χ0v) is 10.9. The first-order chi connectivity index (χ1) is 6.50. The molecule has 1 amide bonds. The number of hydrogen-bond acceptors (Lipinski definition) is 3. The summed E-state index contributed by atoms with van der Waals surface area (Å²) >= 11 is 7.24. The van der Waals surface area contributed by atoms with E-state index in [4.69, 9.17) is 17.3 Å². The second-order valence-corrected chi connectivity index (χ2v) is 4.91. The summed E-state index contributed by atoms with van der Waals surface area (Å²) in [5, 5.41) is 2.80. The van der Waals surface area contributed by atoms with Gasteiger partial charge in [-0.25, -0.2) is 0 Å². The maximum Gasteiger partial charge on any atom is 0.237 e. The summed E-state index contributed by atoms with van der Waals surface area (Å²) in [7, 11) is 0. The first-order valence-corrected chi connectivity index (χ1v) is 5.51. The van der Waals surface area contributed by atoms with Gasteiger partial charge in [0.1, 0.15) is 0 Å². The summed E-state index contributed by atoms with van der Waals surface area (Å²) in [6.45, 7) is 3.56. The number of hydrogen-bond donors (Lipinski definition) is 2. The van der Waals surface area contributed by atoms with Crippen molar-refractivity contribution in [1.29, 1.82) is 0 Å². The van der Waals surface area contributed by atoms with E-state index < -0.39 is 6.04 Å². The Labute approximate surface area is 104 Å². The molecule has 0 aliphatic rings. The molecule has 6 heteroatoms. The minimum absolute atomic E-state index is 0. The van der Waals surface area contributed by atoms with E-state index in [0.717, 1.165) is 9.21 Å². The highest BCUT2D eigenvalue weighted by molar-refractivity contribution is 7.16. The van der Waals surface area contributed by atoms with Crippen molar-refractivity contribution in [2.24, 2.45) is 5.73 Å². The number of nitrogens with two attached hydrogens (primary N) is 1. The van der Waals surface area contributed by atoms with Crippen molar-refractivity contribution in [2.45, 2.75) is 25.9 Å². The maximum absolute atomic E-state index is 11.3. The molecule has 1 unspecified atom stereocenters. The lowest BCUT2D eigenvalue weighted by atomic mass is 10.2. The van der Waals surface area contributed by atoms with Crippen molar-refractivity contribution in [2.75, 3.05) is 0 Å². The highest BCUT2D eigenvalue weighted by Gasteiger charge is 2.13. The van der Waals surface area contributed by atoms with Gasteiger partial charge in [0.15, 0.2) is 0 Å². The highest BCUT2D eigenvalue weighted by atomic mass is 35.5. The van der Waals surface area contributed by atoms with Crippen LogP contribution < -0.4 is 11.1 Å². The van der Waals surface area contributed by atoms with E-state index in [1.807, 2.05) is 19.1 Å². The average molecular weight is 269 g/mol. The summed E-state index contributed by atoms with van der Waals surface area (Å²) in [4.78, 5) is 12.3. The number of carbonyl (C=O) groups is 1. The van der Waals surface area contributed by atoms with Gasteiger partial charge >= 0.3 is 0 Å². The van der Waals surface area contributed by atoms with E-state index in [0.29, 0.717) is 0 Å². The lowest BCUT2D eigenvalue weighted by Gasteiger charge is -2.13. The molecule has 1 heterocycles. The minimum Gasteiger partial charge on any atom is -0.347 e. The largest absolute Gasteiger partial charge is 0.347 e. The van der Waals surface area contributed by atoms with Crippen LogP contribution in [0.15, 0.2) is 12.1 Å². The van der Waals surface area contributed by atoms with Gasteiger partial charge in [-0.2, -0.15) is 0 Å². The second kappa shape index (κ2) is 6.33. The van der Waals surface area contributed by atoms with Crippen LogP contribution in [-0.4, -0.2) is 11.9 Å². The molecule has 1 rings (SSSR count). The molecular weight excluding hydrogens is 255 g/mol. The molecule has 0 bridgehead atoms. The molecule has 15 heavy (non-hydrogen) atoms. The molecule has 0 aliphatic heterocycles. The third-order valence-corrected chi connectivity index (χ3v) is 3.21. The van der Waals surface area contributed by atoms with Crippen LogP contribution in [0.4, 0.5) is 0 Å². The van der Waals surface area contributed by atoms with Crippen LogP contribution in [0.3, 0.4) is 0 Å². The first-order valence-electron chi connectivity index (χ1n) is 4.32. The summed E-state index contributed by atoms with van der Waals surface area (Å²) in [6, 6.07) is 3.20. The molecule has 0 aliphatic carbocycles. The van der Waals surface area contributed by atoms with Crippen molar-refractivity contribution < 1.29 is 4.79 Å². The Morgan fingerprint density at radius 3 is 2.53 bits per heavy atom.